The lowest BCUT2D eigenvalue weighted by atomic mass is 9.88. The van der Waals surface area contributed by atoms with Gasteiger partial charge in [0.15, 0.2) is 16.6 Å². The number of benzene rings is 1. The summed E-state index contributed by atoms with van der Waals surface area (Å²) in [6.45, 7) is 2.21. The molecule has 1 aliphatic rings. The Morgan fingerprint density at radius 1 is 1.25 bits per heavy atom. The third kappa shape index (κ3) is 6.11. The predicted molar refractivity (Wildman–Crippen MR) is 116 cm³/mol. The SMILES string of the molecule is COc1cc(CCCCCNCCC[C@@H]2CCc3nc(N)sc3C2)ccc1O. The summed E-state index contributed by atoms with van der Waals surface area (Å²) in [6.07, 6.45) is 10.7. The van der Waals surface area contributed by atoms with Crippen molar-refractivity contribution in [2.24, 2.45) is 5.92 Å². The van der Waals surface area contributed by atoms with Gasteiger partial charge in [-0.05, 0) is 88.1 Å². The Labute approximate surface area is 172 Å². The third-order valence-corrected chi connectivity index (χ3v) is 6.54. The number of nitrogens with one attached hydrogen (secondary N) is 1. The van der Waals surface area contributed by atoms with Gasteiger partial charge in [-0.25, -0.2) is 4.98 Å². The zero-order valence-corrected chi connectivity index (χ0v) is 17.7. The molecule has 1 heterocycles. The number of unbranched alkanes of at least 4 members (excludes halogenated alkanes) is 2. The number of methoxy groups -OCH3 is 1. The summed E-state index contributed by atoms with van der Waals surface area (Å²) in [5.41, 5.74) is 8.30. The van der Waals surface area contributed by atoms with Gasteiger partial charge >= 0.3 is 0 Å². The predicted octanol–water partition coefficient (Wildman–Crippen LogP) is 4.33. The van der Waals surface area contributed by atoms with Crippen LogP contribution < -0.4 is 15.8 Å². The number of rotatable bonds is 11. The Kier molecular flexibility index (Phi) is 7.98. The standard InChI is InChI=1S/C22H33N3O2S/c1-27-20-14-16(9-11-19(20)26)6-3-2-4-12-24-13-5-7-17-8-10-18-21(15-17)28-22(23)25-18/h9,11,14,17,24,26H,2-8,10,12-13,15H2,1H3,(H2,23,25)/t17-/m1/s1. The van der Waals surface area contributed by atoms with Crippen LogP contribution in [0.25, 0.3) is 0 Å². The van der Waals surface area contributed by atoms with Crippen LogP contribution in [0.15, 0.2) is 18.2 Å². The van der Waals surface area contributed by atoms with Gasteiger partial charge in [0.05, 0.1) is 12.8 Å². The molecule has 0 spiro atoms. The quantitative estimate of drug-likeness (QED) is 0.487. The first-order valence-corrected chi connectivity index (χ1v) is 11.3. The lowest BCUT2D eigenvalue weighted by Crippen LogP contribution is -2.19. The number of phenols is 1. The molecule has 0 saturated heterocycles. The smallest absolute Gasteiger partial charge is 0.180 e. The van der Waals surface area contributed by atoms with Crippen molar-refractivity contribution in [3.05, 3.63) is 34.3 Å². The van der Waals surface area contributed by atoms with Gasteiger partial charge in [-0.15, -0.1) is 11.3 Å². The van der Waals surface area contributed by atoms with Crippen LogP contribution in [-0.4, -0.2) is 30.3 Å². The number of anilines is 1. The maximum Gasteiger partial charge on any atom is 0.180 e. The maximum absolute atomic E-state index is 9.63. The average molecular weight is 404 g/mol. The molecule has 4 N–H and O–H groups in total. The summed E-state index contributed by atoms with van der Waals surface area (Å²) in [6, 6.07) is 5.63. The summed E-state index contributed by atoms with van der Waals surface area (Å²) >= 11 is 1.68. The van der Waals surface area contributed by atoms with Gasteiger partial charge in [0.2, 0.25) is 0 Å². The Morgan fingerprint density at radius 3 is 2.96 bits per heavy atom. The number of hydrogen-bond acceptors (Lipinski definition) is 6. The molecule has 1 aromatic heterocycles. The van der Waals surface area contributed by atoms with Gasteiger partial charge in [-0.2, -0.15) is 0 Å². The minimum absolute atomic E-state index is 0.209. The van der Waals surface area contributed by atoms with E-state index in [1.165, 1.54) is 54.7 Å². The molecule has 1 atom stereocenters. The van der Waals surface area contributed by atoms with Crippen molar-refractivity contribution in [1.82, 2.24) is 10.3 Å². The van der Waals surface area contributed by atoms with E-state index in [1.807, 2.05) is 12.1 Å². The normalized spacial score (nSPS) is 16.1. The van der Waals surface area contributed by atoms with Crippen molar-refractivity contribution in [1.29, 1.82) is 0 Å². The maximum atomic E-state index is 9.63. The lowest BCUT2D eigenvalue weighted by molar-refractivity contribution is 0.373. The average Bonchev–Trinajstić information content (AvgIpc) is 3.07. The van der Waals surface area contributed by atoms with E-state index in [9.17, 15) is 5.11 Å². The van der Waals surface area contributed by atoms with Crippen molar-refractivity contribution < 1.29 is 9.84 Å². The van der Waals surface area contributed by atoms with Crippen LogP contribution in [0.4, 0.5) is 5.13 Å². The molecule has 5 nitrogen and oxygen atoms in total. The molecular formula is C22H33N3O2S. The minimum Gasteiger partial charge on any atom is -0.504 e. The van der Waals surface area contributed by atoms with Crippen LogP contribution in [0.2, 0.25) is 0 Å². The number of fused-ring (bicyclic) bond motifs is 1. The van der Waals surface area contributed by atoms with Gasteiger partial charge in [-0.1, -0.05) is 12.5 Å². The fourth-order valence-corrected chi connectivity index (χ4v) is 4.98. The Bertz CT molecular complexity index is 747. The Balaban J connectivity index is 1.20. The molecule has 0 bridgehead atoms. The molecule has 3 rings (SSSR count). The zero-order valence-electron chi connectivity index (χ0n) is 16.9. The molecule has 1 aliphatic carbocycles. The highest BCUT2D eigenvalue weighted by Gasteiger charge is 2.21. The summed E-state index contributed by atoms with van der Waals surface area (Å²) in [5, 5.41) is 14.0. The Hall–Kier alpha value is -1.79. The van der Waals surface area contributed by atoms with Crippen molar-refractivity contribution in [2.75, 3.05) is 25.9 Å². The number of aryl methyl sites for hydroxylation is 2. The summed E-state index contributed by atoms with van der Waals surface area (Å²) in [4.78, 5) is 5.85. The highest BCUT2D eigenvalue weighted by Crippen LogP contribution is 2.32. The van der Waals surface area contributed by atoms with Crippen molar-refractivity contribution in [2.45, 2.75) is 57.8 Å². The van der Waals surface area contributed by atoms with Crippen molar-refractivity contribution in [3.63, 3.8) is 0 Å². The minimum atomic E-state index is 0.209. The van der Waals surface area contributed by atoms with Crippen molar-refractivity contribution >= 4 is 16.5 Å². The first-order chi connectivity index (χ1) is 13.7. The van der Waals surface area contributed by atoms with Crippen LogP contribution >= 0.6 is 11.3 Å². The zero-order chi connectivity index (χ0) is 19.8. The lowest BCUT2D eigenvalue weighted by Gasteiger charge is -2.20. The monoisotopic (exact) mass is 403 g/mol. The van der Waals surface area contributed by atoms with E-state index in [2.05, 4.69) is 10.3 Å². The number of nitrogen functional groups attached to an aromatic ring is 1. The van der Waals surface area contributed by atoms with E-state index in [1.54, 1.807) is 24.5 Å². The molecule has 0 saturated carbocycles. The molecule has 28 heavy (non-hydrogen) atoms. The van der Waals surface area contributed by atoms with E-state index >= 15 is 0 Å². The second-order valence-corrected chi connectivity index (χ2v) is 8.86. The first kappa shape index (κ1) is 20.9. The molecule has 154 valence electrons. The molecule has 2 aromatic rings. The number of aromatic hydroxyl groups is 1. The molecule has 1 aromatic carbocycles. The summed E-state index contributed by atoms with van der Waals surface area (Å²) in [5.74, 6) is 1.57. The van der Waals surface area contributed by atoms with E-state index in [-0.39, 0.29) is 5.75 Å². The van der Waals surface area contributed by atoms with Gasteiger partial charge in [0.1, 0.15) is 0 Å². The number of nitrogens with two attached hydrogens (primary N) is 1. The molecular weight excluding hydrogens is 370 g/mol. The third-order valence-electron chi connectivity index (χ3n) is 5.59. The van der Waals surface area contributed by atoms with E-state index in [0.29, 0.717) is 5.75 Å². The fraction of sp³-hybridized carbons (Fsp3) is 0.591. The molecule has 0 amide bonds. The summed E-state index contributed by atoms with van der Waals surface area (Å²) < 4.78 is 5.16. The number of ether oxygens (including phenoxy) is 1. The molecule has 0 fully saturated rings. The highest BCUT2D eigenvalue weighted by molar-refractivity contribution is 7.15. The van der Waals surface area contributed by atoms with Gasteiger partial charge in [0, 0.05) is 4.88 Å². The molecule has 6 heteroatoms. The van der Waals surface area contributed by atoms with Crippen molar-refractivity contribution in [3.8, 4) is 11.5 Å². The molecule has 0 unspecified atom stereocenters. The van der Waals surface area contributed by atoms with Crippen LogP contribution in [-0.2, 0) is 19.3 Å². The van der Waals surface area contributed by atoms with Crippen LogP contribution in [0.5, 0.6) is 11.5 Å². The highest BCUT2D eigenvalue weighted by atomic mass is 32.1. The largest absolute Gasteiger partial charge is 0.504 e. The summed E-state index contributed by atoms with van der Waals surface area (Å²) in [7, 11) is 1.59. The molecule has 0 aliphatic heterocycles. The number of thiazole rings is 1. The second-order valence-electron chi connectivity index (χ2n) is 7.74. The fourth-order valence-electron chi connectivity index (χ4n) is 3.98. The van der Waals surface area contributed by atoms with Gasteiger partial charge in [-0.3, -0.25) is 0 Å². The topological polar surface area (TPSA) is 80.4 Å². The Morgan fingerprint density at radius 2 is 2.11 bits per heavy atom. The number of nitrogens with zero attached hydrogens (tertiary/aromatic N) is 1. The van der Waals surface area contributed by atoms with Gasteiger partial charge < -0.3 is 20.9 Å². The van der Waals surface area contributed by atoms with Crippen LogP contribution in [0.3, 0.4) is 0 Å². The van der Waals surface area contributed by atoms with Crippen LogP contribution in [0.1, 0.15) is 54.7 Å². The van der Waals surface area contributed by atoms with Gasteiger partial charge in [0.25, 0.3) is 0 Å². The second kappa shape index (κ2) is 10.7. The molecule has 0 radical (unpaired) electrons. The van der Waals surface area contributed by atoms with E-state index < -0.39 is 0 Å². The number of aromatic nitrogens is 1. The number of phenolic OH excluding ortho intramolecular Hbond substituents is 1. The van der Waals surface area contributed by atoms with Crippen LogP contribution in [0, 0.1) is 5.92 Å². The van der Waals surface area contributed by atoms with E-state index in [0.717, 1.165) is 43.4 Å². The van der Waals surface area contributed by atoms with E-state index in [4.69, 9.17) is 10.5 Å². The first-order valence-electron chi connectivity index (χ1n) is 10.5. The number of hydrogen-bond donors (Lipinski definition) is 3.